The van der Waals surface area contributed by atoms with Crippen molar-refractivity contribution in [3.8, 4) is 0 Å². The molecule has 0 bridgehead atoms. The minimum absolute atomic E-state index is 0.0499. The molecule has 3 rings (SSSR count). The normalized spacial score (nSPS) is 21.6. The molecule has 1 amide bonds. The number of rotatable bonds is 3. The molecule has 0 unspecified atom stereocenters. The highest BCUT2D eigenvalue weighted by atomic mass is 32.2. The molecule has 1 saturated heterocycles. The Morgan fingerprint density at radius 3 is 2.62 bits per heavy atom. The molecule has 1 aromatic rings. The topological polar surface area (TPSA) is 66.5 Å². The molecule has 0 spiro atoms. The van der Waals surface area contributed by atoms with Crippen molar-refractivity contribution in [2.45, 2.75) is 32.1 Å². The average molecular weight is 308 g/mol. The third kappa shape index (κ3) is 3.05. The number of amides is 1. The molecule has 2 fully saturated rings. The van der Waals surface area contributed by atoms with E-state index in [1.165, 1.54) is 4.31 Å². The quantitative estimate of drug-likeness (QED) is 0.932. The number of hydrogen-bond donors (Lipinski definition) is 1. The molecule has 5 nitrogen and oxygen atoms in total. The average Bonchev–Trinajstić information content (AvgIpc) is 3.08. The van der Waals surface area contributed by atoms with Crippen molar-refractivity contribution in [3.63, 3.8) is 0 Å². The SMILES string of the molecule is O=C(Nc1cccc(N2CCCS2(=O)=O)c1)C1CCCC1. The van der Waals surface area contributed by atoms with Gasteiger partial charge in [-0.05, 0) is 37.5 Å². The molecule has 1 heterocycles. The van der Waals surface area contributed by atoms with Gasteiger partial charge in [-0.25, -0.2) is 8.42 Å². The summed E-state index contributed by atoms with van der Waals surface area (Å²) in [4.78, 5) is 12.1. The third-order valence-corrected chi connectivity index (χ3v) is 6.10. The number of hydrogen-bond acceptors (Lipinski definition) is 3. The minimum atomic E-state index is -3.18. The lowest BCUT2D eigenvalue weighted by Gasteiger charge is -2.18. The largest absolute Gasteiger partial charge is 0.326 e. The van der Waals surface area contributed by atoms with Gasteiger partial charge in [-0.15, -0.1) is 0 Å². The fourth-order valence-corrected chi connectivity index (χ4v) is 4.66. The second-order valence-electron chi connectivity index (χ2n) is 5.76. The van der Waals surface area contributed by atoms with E-state index in [-0.39, 0.29) is 17.6 Å². The molecule has 1 aromatic carbocycles. The van der Waals surface area contributed by atoms with Crippen LogP contribution in [0.5, 0.6) is 0 Å². The van der Waals surface area contributed by atoms with Crippen molar-refractivity contribution in [3.05, 3.63) is 24.3 Å². The molecule has 0 atom stereocenters. The van der Waals surface area contributed by atoms with Crippen LogP contribution >= 0.6 is 0 Å². The lowest BCUT2D eigenvalue weighted by Crippen LogP contribution is -2.25. The molecular formula is C15H20N2O3S. The zero-order valence-electron chi connectivity index (χ0n) is 11.9. The van der Waals surface area contributed by atoms with Gasteiger partial charge in [0.2, 0.25) is 15.9 Å². The predicted octanol–water partition coefficient (Wildman–Crippen LogP) is 2.36. The molecule has 0 radical (unpaired) electrons. The zero-order chi connectivity index (χ0) is 14.9. The van der Waals surface area contributed by atoms with Gasteiger partial charge in [-0.3, -0.25) is 9.10 Å². The Bertz CT molecular complexity index is 636. The van der Waals surface area contributed by atoms with Crippen LogP contribution in [0.2, 0.25) is 0 Å². The van der Waals surface area contributed by atoms with Gasteiger partial charge in [-0.1, -0.05) is 18.9 Å². The second-order valence-corrected chi connectivity index (χ2v) is 7.78. The van der Waals surface area contributed by atoms with Crippen LogP contribution in [0.1, 0.15) is 32.1 Å². The highest BCUT2D eigenvalue weighted by Gasteiger charge is 2.28. The van der Waals surface area contributed by atoms with Crippen LogP contribution in [0.15, 0.2) is 24.3 Å². The first kappa shape index (κ1) is 14.4. The molecule has 1 aliphatic carbocycles. The zero-order valence-corrected chi connectivity index (χ0v) is 12.7. The summed E-state index contributed by atoms with van der Waals surface area (Å²) in [5.41, 5.74) is 1.31. The summed E-state index contributed by atoms with van der Waals surface area (Å²) in [6.07, 6.45) is 4.79. The first-order chi connectivity index (χ1) is 10.1. The fourth-order valence-electron chi connectivity index (χ4n) is 3.10. The van der Waals surface area contributed by atoms with Crippen molar-refractivity contribution < 1.29 is 13.2 Å². The van der Waals surface area contributed by atoms with Crippen LogP contribution in [0.25, 0.3) is 0 Å². The van der Waals surface area contributed by atoms with Gasteiger partial charge < -0.3 is 5.32 Å². The van der Waals surface area contributed by atoms with E-state index >= 15 is 0 Å². The Hall–Kier alpha value is -1.56. The summed E-state index contributed by atoms with van der Waals surface area (Å²) in [5.74, 6) is 0.351. The highest BCUT2D eigenvalue weighted by Crippen LogP contribution is 2.28. The van der Waals surface area contributed by atoms with Gasteiger partial charge in [-0.2, -0.15) is 0 Å². The molecule has 114 valence electrons. The Balaban J connectivity index is 1.75. The predicted molar refractivity (Wildman–Crippen MR) is 82.8 cm³/mol. The number of anilines is 2. The van der Waals surface area contributed by atoms with Crippen LogP contribution in [0.3, 0.4) is 0 Å². The second kappa shape index (κ2) is 5.67. The summed E-state index contributed by atoms with van der Waals surface area (Å²) in [7, 11) is -3.18. The Kier molecular flexibility index (Phi) is 3.89. The van der Waals surface area contributed by atoms with Crippen LogP contribution in [-0.4, -0.2) is 26.6 Å². The standard InChI is InChI=1S/C15H20N2O3S/c18-15(12-5-1-2-6-12)16-13-7-3-8-14(11-13)17-9-4-10-21(17,19)20/h3,7-8,11-12H,1-2,4-6,9-10H2,(H,16,18). The van der Waals surface area contributed by atoms with E-state index in [2.05, 4.69) is 5.32 Å². The maximum absolute atomic E-state index is 12.1. The van der Waals surface area contributed by atoms with E-state index in [1.807, 2.05) is 0 Å². The third-order valence-electron chi connectivity index (χ3n) is 4.23. The van der Waals surface area contributed by atoms with E-state index in [0.717, 1.165) is 25.7 Å². The number of nitrogens with zero attached hydrogens (tertiary/aromatic N) is 1. The van der Waals surface area contributed by atoms with Crippen LogP contribution in [0.4, 0.5) is 11.4 Å². The molecular weight excluding hydrogens is 288 g/mol. The summed E-state index contributed by atoms with van der Waals surface area (Å²) in [6, 6.07) is 7.11. The molecule has 1 N–H and O–H groups in total. The van der Waals surface area contributed by atoms with Gasteiger partial charge in [0.05, 0.1) is 11.4 Å². The maximum Gasteiger partial charge on any atom is 0.235 e. The smallest absolute Gasteiger partial charge is 0.235 e. The number of sulfonamides is 1. The van der Waals surface area contributed by atoms with Gasteiger partial charge in [0.25, 0.3) is 0 Å². The summed E-state index contributed by atoms with van der Waals surface area (Å²) < 4.78 is 25.3. The Labute approximate surface area is 125 Å². The van der Waals surface area contributed by atoms with E-state index in [9.17, 15) is 13.2 Å². The molecule has 6 heteroatoms. The first-order valence-corrected chi connectivity index (χ1v) is 9.08. The van der Waals surface area contributed by atoms with Crippen molar-refractivity contribution in [2.75, 3.05) is 21.9 Å². The molecule has 21 heavy (non-hydrogen) atoms. The van der Waals surface area contributed by atoms with E-state index in [1.54, 1.807) is 24.3 Å². The number of benzene rings is 1. The Morgan fingerprint density at radius 1 is 1.19 bits per heavy atom. The molecule has 1 aliphatic heterocycles. The number of carbonyl (C=O) groups excluding carboxylic acids is 1. The van der Waals surface area contributed by atoms with Gasteiger partial charge in [0.1, 0.15) is 0 Å². The number of carbonyl (C=O) groups is 1. The summed E-state index contributed by atoms with van der Waals surface area (Å²) >= 11 is 0. The van der Waals surface area contributed by atoms with Gasteiger partial charge >= 0.3 is 0 Å². The van der Waals surface area contributed by atoms with Gasteiger partial charge in [0, 0.05) is 18.2 Å². The highest BCUT2D eigenvalue weighted by molar-refractivity contribution is 7.93. The van der Waals surface area contributed by atoms with Crippen molar-refractivity contribution in [1.29, 1.82) is 0 Å². The van der Waals surface area contributed by atoms with Crippen molar-refractivity contribution >= 4 is 27.3 Å². The molecule has 2 aliphatic rings. The minimum Gasteiger partial charge on any atom is -0.326 e. The van der Waals surface area contributed by atoms with E-state index in [4.69, 9.17) is 0 Å². The maximum atomic E-state index is 12.1. The Morgan fingerprint density at radius 2 is 1.95 bits per heavy atom. The van der Waals surface area contributed by atoms with Crippen LogP contribution in [0, 0.1) is 5.92 Å². The summed E-state index contributed by atoms with van der Waals surface area (Å²) in [5, 5.41) is 2.91. The van der Waals surface area contributed by atoms with Gasteiger partial charge in [0.15, 0.2) is 0 Å². The molecule has 0 aromatic heterocycles. The van der Waals surface area contributed by atoms with Crippen LogP contribution < -0.4 is 9.62 Å². The van der Waals surface area contributed by atoms with Crippen molar-refractivity contribution in [1.82, 2.24) is 0 Å². The lowest BCUT2D eigenvalue weighted by molar-refractivity contribution is -0.119. The summed E-state index contributed by atoms with van der Waals surface area (Å²) in [6.45, 7) is 0.516. The lowest BCUT2D eigenvalue weighted by atomic mass is 10.1. The van der Waals surface area contributed by atoms with E-state index in [0.29, 0.717) is 24.3 Å². The van der Waals surface area contributed by atoms with Crippen molar-refractivity contribution in [2.24, 2.45) is 5.92 Å². The van der Waals surface area contributed by atoms with E-state index < -0.39 is 10.0 Å². The first-order valence-electron chi connectivity index (χ1n) is 7.48. The monoisotopic (exact) mass is 308 g/mol. The molecule has 1 saturated carbocycles. The number of nitrogens with one attached hydrogen (secondary N) is 1. The van der Waals surface area contributed by atoms with Crippen LogP contribution in [-0.2, 0) is 14.8 Å². The fraction of sp³-hybridized carbons (Fsp3) is 0.533.